The molecule has 1 heterocycles. The Morgan fingerprint density at radius 1 is 0.931 bits per heavy atom. The molecule has 29 heavy (non-hydrogen) atoms. The number of benzene rings is 2. The first-order chi connectivity index (χ1) is 14.0. The second kappa shape index (κ2) is 6.01. The molecular weight excluding hydrogens is 354 g/mol. The smallest absolute Gasteiger partial charge is 0.229 e. The molecule has 4 fully saturated rings. The Morgan fingerprint density at radius 3 is 2.17 bits per heavy atom. The van der Waals surface area contributed by atoms with E-state index in [4.69, 9.17) is 5.11 Å². The summed E-state index contributed by atoms with van der Waals surface area (Å²) in [5, 5.41) is 5.18. The lowest BCUT2D eigenvalue weighted by Crippen LogP contribution is -2.71. The van der Waals surface area contributed by atoms with Crippen molar-refractivity contribution in [3.05, 3.63) is 53.6 Å². The zero-order valence-electron chi connectivity index (χ0n) is 18.1. The molecule has 0 aromatic heterocycles. The summed E-state index contributed by atoms with van der Waals surface area (Å²) in [7, 11) is 2.54. The Labute approximate surface area is 174 Å². The third-order valence-electron chi connectivity index (χ3n) is 8.67. The molecule has 2 aromatic rings. The van der Waals surface area contributed by atoms with Gasteiger partial charge in [0.25, 0.3) is 0 Å². The van der Waals surface area contributed by atoms with E-state index in [1.165, 1.54) is 66.7 Å². The number of nitrogens with zero attached hydrogens (tertiary/aromatic N) is 3. The van der Waals surface area contributed by atoms with Crippen LogP contribution in [0.3, 0.4) is 0 Å². The molecule has 0 N–H and O–H groups in total. The predicted octanol–water partition coefficient (Wildman–Crippen LogP) is 6.61. The molecule has 0 saturated heterocycles. The van der Waals surface area contributed by atoms with Gasteiger partial charge < -0.3 is 0 Å². The van der Waals surface area contributed by atoms with Crippen LogP contribution in [0.4, 0.5) is 17.1 Å². The summed E-state index contributed by atoms with van der Waals surface area (Å²) in [4.78, 5) is 0. The van der Waals surface area contributed by atoms with E-state index in [9.17, 15) is 0 Å². The molecule has 0 spiro atoms. The highest BCUT2D eigenvalue weighted by Crippen LogP contribution is 2.62. The van der Waals surface area contributed by atoms with E-state index in [2.05, 4.69) is 68.1 Å². The maximum Gasteiger partial charge on any atom is 0.306 e. The average molecular weight is 388 g/mol. The first kappa shape index (κ1) is 17.8. The van der Waals surface area contributed by atoms with Crippen LogP contribution in [0, 0.1) is 31.6 Å². The predicted molar refractivity (Wildman–Crippen MR) is 118 cm³/mol. The van der Waals surface area contributed by atoms with Gasteiger partial charge in [0, 0.05) is 42.1 Å². The lowest BCUT2D eigenvalue weighted by molar-refractivity contribution is -0.536. The number of para-hydroxylation sites is 1. The summed E-state index contributed by atoms with van der Waals surface area (Å²) >= 11 is 0. The molecule has 0 radical (unpaired) electrons. The molecule has 2 aromatic carbocycles. The molecule has 1 atom stereocenters. The van der Waals surface area contributed by atoms with Gasteiger partial charge >= 0.3 is 6.67 Å². The van der Waals surface area contributed by atoms with Crippen molar-refractivity contribution in [1.82, 2.24) is 4.48 Å². The second-order valence-corrected chi connectivity index (χ2v) is 10.8. The molecule has 150 valence electrons. The monoisotopic (exact) mass is 387 g/mol. The Balaban J connectivity index is 1.56. The topological polar surface area (TPSA) is 15.4 Å². The SMILES string of the molecule is Cc1cc(C)c2c(c1)N=[N+](c1ccccc1)C[N+]2(C)C12CC3CC(CC(C3)C1)C2. The van der Waals surface area contributed by atoms with Crippen molar-refractivity contribution in [2.24, 2.45) is 22.9 Å². The van der Waals surface area contributed by atoms with Gasteiger partial charge in [-0.1, -0.05) is 24.3 Å². The first-order valence-corrected chi connectivity index (χ1v) is 11.5. The van der Waals surface area contributed by atoms with Crippen LogP contribution in [0.15, 0.2) is 47.6 Å². The third-order valence-corrected chi connectivity index (χ3v) is 8.67. The van der Waals surface area contributed by atoms with E-state index in [1.54, 1.807) is 0 Å². The van der Waals surface area contributed by atoms with Gasteiger partial charge in [-0.3, -0.25) is 0 Å². The number of azo groups is 2. The molecule has 3 nitrogen and oxygen atoms in total. The van der Waals surface area contributed by atoms with E-state index >= 15 is 0 Å². The van der Waals surface area contributed by atoms with Crippen molar-refractivity contribution in [3.63, 3.8) is 0 Å². The van der Waals surface area contributed by atoms with Crippen LogP contribution in [-0.4, -0.2) is 24.0 Å². The van der Waals surface area contributed by atoms with Gasteiger partial charge in [0.1, 0.15) is 5.54 Å². The molecule has 7 rings (SSSR count). The summed E-state index contributed by atoms with van der Waals surface area (Å²) < 4.78 is 3.33. The fourth-order valence-corrected chi connectivity index (χ4v) is 7.95. The molecule has 4 bridgehead atoms. The standard InChI is InChI=1S/C26H33N3/c1-18-9-19(2)25-24(10-18)27-28(23-7-5-4-6-8-23)17-29(25,3)26-14-20-11-21(15-26)13-22(12-20)16-26/h4-10,20-22H,11-17H2,1-3H3/q+2. The first-order valence-electron chi connectivity index (χ1n) is 11.5. The van der Waals surface area contributed by atoms with E-state index in [0.717, 1.165) is 28.9 Å². The molecule has 3 heteroatoms. The molecule has 5 aliphatic rings. The van der Waals surface area contributed by atoms with E-state index in [0.29, 0.717) is 5.54 Å². The van der Waals surface area contributed by atoms with Crippen LogP contribution >= 0.6 is 0 Å². The van der Waals surface area contributed by atoms with Crippen molar-refractivity contribution in [2.45, 2.75) is 57.9 Å². The highest BCUT2D eigenvalue weighted by molar-refractivity contribution is 5.71. The number of rotatable bonds is 2. The highest BCUT2D eigenvalue weighted by atomic mass is 15.5. The van der Waals surface area contributed by atoms with Gasteiger partial charge in [0.2, 0.25) is 5.69 Å². The molecule has 0 amide bonds. The minimum Gasteiger partial charge on any atom is -0.229 e. The van der Waals surface area contributed by atoms with Gasteiger partial charge in [-0.2, -0.15) is 0 Å². The van der Waals surface area contributed by atoms with Crippen molar-refractivity contribution in [2.75, 3.05) is 13.7 Å². The Bertz CT molecular complexity index is 971. The van der Waals surface area contributed by atoms with Gasteiger partial charge in [0.05, 0.1) is 7.05 Å². The quantitative estimate of drug-likeness (QED) is 0.407. The fraction of sp³-hybridized carbons (Fsp3) is 0.538. The highest BCUT2D eigenvalue weighted by Gasteiger charge is 2.63. The second-order valence-electron chi connectivity index (χ2n) is 10.8. The van der Waals surface area contributed by atoms with Crippen LogP contribution in [0.25, 0.3) is 0 Å². The van der Waals surface area contributed by atoms with Gasteiger partial charge in [-0.25, -0.2) is 4.48 Å². The third kappa shape index (κ3) is 2.53. The zero-order valence-corrected chi connectivity index (χ0v) is 18.1. The minimum absolute atomic E-state index is 0.381. The lowest BCUT2D eigenvalue weighted by atomic mass is 9.52. The van der Waals surface area contributed by atoms with Crippen LogP contribution in [0.2, 0.25) is 0 Å². The van der Waals surface area contributed by atoms with Crippen molar-refractivity contribution >= 4 is 17.1 Å². The average Bonchev–Trinajstić information content (AvgIpc) is 2.66. The van der Waals surface area contributed by atoms with E-state index in [-0.39, 0.29) is 0 Å². The van der Waals surface area contributed by atoms with E-state index < -0.39 is 0 Å². The molecule has 1 unspecified atom stereocenters. The Kier molecular flexibility index (Phi) is 3.69. The number of hydrogen-bond acceptors (Lipinski definition) is 1. The minimum atomic E-state index is 0.381. The molecule has 4 aliphatic carbocycles. The number of quaternary nitrogens is 1. The maximum absolute atomic E-state index is 5.18. The number of aryl methyl sites for hydroxylation is 2. The normalized spacial score (nSPS) is 37.3. The molecular formula is C26H33N3+2. The molecule has 4 saturated carbocycles. The summed E-state index contributed by atoms with van der Waals surface area (Å²) in [5.41, 5.74) is 7.02. The zero-order chi connectivity index (χ0) is 19.8. The van der Waals surface area contributed by atoms with Crippen LogP contribution in [0.1, 0.15) is 49.7 Å². The Hall–Kier alpha value is -2.00. The van der Waals surface area contributed by atoms with Crippen LogP contribution in [-0.2, 0) is 0 Å². The van der Waals surface area contributed by atoms with Crippen molar-refractivity contribution in [1.29, 1.82) is 0 Å². The van der Waals surface area contributed by atoms with Gasteiger partial charge in [-0.15, -0.1) is 0 Å². The summed E-state index contributed by atoms with van der Waals surface area (Å²) in [6.07, 6.45) is 8.70. The lowest BCUT2D eigenvalue weighted by Gasteiger charge is -2.62. The van der Waals surface area contributed by atoms with Crippen molar-refractivity contribution in [3.8, 4) is 0 Å². The van der Waals surface area contributed by atoms with Gasteiger partial charge in [-0.05, 0) is 67.2 Å². The fourth-order valence-electron chi connectivity index (χ4n) is 7.95. The number of fused-ring (bicyclic) bond motifs is 1. The van der Waals surface area contributed by atoms with Crippen LogP contribution in [0.5, 0.6) is 0 Å². The summed E-state index contributed by atoms with van der Waals surface area (Å²) in [5.74, 6) is 2.86. The summed E-state index contributed by atoms with van der Waals surface area (Å²) in [6, 6.07) is 15.5. The largest absolute Gasteiger partial charge is 0.306 e. The maximum atomic E-state index is 5.18. The Morgan fingerprint density at radius 2 is 1.55 bits per heavy atom. The van der Waals surface area contributed by atoms with Crippen LogP contribution < -0.4 is 4.48 Å². The number of hydrogen-bond donors (Lipinski definition) is 0. The van der Waals surface area contributed by atoms with Gasteiger partial charge in [0.15, 0.2) is 11.4 Å². The van der Waals surface area contributed by atoms with E-state index in [1.807, 2.05) is 0 Å². The summed E-state index contributed by atoms with van der Waals surface area (Å²) in [6.45, 7) is 5.48. The van der Waals surface area contributed by atoms with Crippen molar-refractivity contribution < 1.29 is 4.70 Å². The molecule has 1 aliphatic heterocycles.